The molecule has 13 heteroatoms. The highest BCUT2D eigenvalue weighted by Crippen LogP contribution is 2.22. The molecule has 5 aromatic rings. The number of amides is 2. The van der Waals surface area contributed by atoms with E-state index in [1.165, 1.54) is 6.33 Å². The van der Waals surface area contributed by atoms with Gasteiger partial charge < -0.3 is 22.1 Å². The molecule has 218 valence electrons. The molecule has 0 radical (unpaired) electrons. The Hall–Kier alpha value is -5.82. The molecule has 0 fully saturated rings. The van der Waals surface area contributed by atoms with Crippen LogP contribution >= 0.6 is 0 Å². The van der Waals surface area contributed by atoms with E-state index in [1.807, 2.05) is 42.5 Å². The van der Waals surface area contributed by atoms with Gasteiger partial charge in [-0.25, -0.2) is 20.4 Å². The molecule has 0 unspecified atom stereocenters. The van der Waals surface area contributed by atoms with Crippen LogP contribution in [0.5, 0.6) is 0 Å². The number of hydrogen-bond donors (Lipinski definition) is 6. The number of para-hydroxylation sites is 1. The van der Waals surface area contributed by atoms with Gasteiger partial charge in [0, 0.05) is 30.8 Å². The second-order valence-corrected chi connectivity index (χ2v) is 9.57. The molecule has 0 aliphatic rings. The van der Waals surface area contributed by atoms with Crippen LogP contribution in [0.4, 0.5) is 17.3 Å². The number of aryl methyl sites for hydroxylation is 1. The van der Waals surface area contributed by atoms with Crippen LogP contribution in [0.15, 0.2) is 83.9 Å². The first kappa shape index (κ1) is 28.7. The summed E-state index contributed by atoms with van der Waals surface area (Å²) in [7, 11) is 0. The predicted octanol–water partition coefficient (Wildman–Crippen LogP) is 2.63. The Labute approximate surface area is 245 Å². The maximum absolute atomic E-state index is 14.1. The Bertz CT molecular complexity index is 1840. The summed E-state index contributed by atoms with van der Waals surface area (Å²) >= 11 is 0. The quantitative estimate of drug-likeness (QED) is 0.0767. The van der Waals surface area contributed by atoms with E-state index in [4.69, 9.17) is 21.7 Å². The van der Waals surface area contributed by atoms with Gasteiger partial charge in [0.1, 0.15) is 29.4 Å². The van der Waals surface area contributed by atoms with Gasteiger partial charge in [-0.05, 0) is 48.4 Å². The molecule has 2 amide bonds. The number of rotatable bonds is 11. The maximum Gasteiger partial charge on any atom is 0.274 e. The van der Waals surface area contributed by atoms with E-state index in [2.05, 4.69) is 20.6 Å². The van der Waals surface area contributed by atoms with E-state index in [0.29, 0.717) is 59.6 Å². The first-order valence-corrected chi connectivity index (χ1v) is 13.4. The number of aromatic nitrogens is 4. The van der Waals surface area contributed by atoms with Crippen molar-refractivity contribution in [1.29, 1.82) is 0 Å². The number of nitrogens with one attached hydrogen (secondary N) is 3. The van der Waals surface area contributed by atoms with E-state index in [-0.39, 0.29) is 22.8 Å². The molecular weight excluding hydrogens is 550 g/mol. The molecule has 43 heavy (non-hydrogen) atoms. The highest BCUT2D eigenvalue weighted by atomic mass is 16.5. The van der Waals surface area contributed by atoms with Crippen molar-refractivity contribution < 1.29 is 14.8 Å². The third-order valence-corrected chi connectivity index (χ3v) is 6.77. The van der Waals surface area contributed by atoms with Gasteiger partial charge in [-0.15, -0.1) is 0 Å². The lowest BCUT2D eigenvalue weighted by atomic mass is 10.1. The minimum absolute atomic E-state index is 0.00496. The second-order valence-electron chi connectivity index (χ2n) is 9.57. The number of fused-ring (bicyclic) bond motifs is 1. The predicted molar refractivity (Wildman–Crippen MR) is 162 cm³/mol. The molecule has 0 saturated carbocycles. The molecule has 5 rings (SSSR count). The molecule has 8 N–H and O–H groups in total. The third kappa shape index (κ3) is 6.26. The largest absolute Gasteiger partial charge is 0.383 e. The summed E-state index contributed by atoms with van der Waals surface area (Å²) in [5.74, 6) is -0.520. The van der Waals surface area contributed by atoms with E-state index in [9.17, 15) is 14.4 Å². The molecule has 3 aromatic carbocycles. The van der Waals surface area contributed by atoms with Crippen LogP contribution in [0.1, 0.15) is 38.5 Å². The fraction of sp³-hybridized carbons (Fsp3) is 0.133. The fourth-order valence-electron chi connectivity index (χ4n) is 4.70. The summed E-state index contributed by atoms with van der Waals surface area (Å²) in [5, 5.41) is 15.7. The minimum atomic E-state index is -0.731. The van der Waals surface area contributed by atoms with Gasteiger partial charge in [0.2, 0.25) is 0 Å². The zero-order chi connectivity index (χ0) is 30.3. The molecule has 0 bridgehead atoms. The summed E-state index contributed by atoms with van der Waals surface area (Å²) in [6, 6.07) is 21.4. The van der Waals surface area contributed by atoms with Gasteiger partial charge in [-0.3, -0.25) is 24.2 Å². The molecule has 0 aliphatic carbocycles. The van der Waals surface area contributed by atoms with Crippen LogP contribution in [-0.2, 0) is 13.0 Å². The van der Waals surface area contributed by atoms with Crippen molar-refractivity contribution in [2.45, 2.75) is 19.4 Å². The maximum atomic E-state index is 14.1. The Morgan fingerprint density at radius 2 is 1.70 bits per heavy atom. The van der Waals surface area contributed by atoms with Crippen molar-refractivity contribution in [1.82, 2.24) is 25.0 Å². The Morgan fingerprint density at radius 1 is 0.930 bits per heavy atom. The van der Waals surface area contributed by atoms with Crippen LogP contribution in [0, 0.1) is 0 Å². The van der Waals surface area contributed by atoms with Crippen molar-refractivity contribution in [3.8, 4) is 5.69 Å². The average Bonchev–Trinajstić information content (AvgIpc) is 3.02. The normalized spacial score (nSPS) is 10.8. The number of hydrogen-bond acceptors (Lipinski definition) is 10. The van der Waals surface area contributed by atoms with E-state index in [1.54, 1.807) is 40.4 Å². The average molecular weight is 580 g/mol. The van der Waals surface area contributed by atoms with Crippen molar-refractivity contribution in [2.75, 3.05) is 22.9 Å². The number of nitrogen functional groups attached to an aromatic ring is 1. The van der Waals surface area contributed by atoms with Crippen LogP contribution in [-0.4, -0.2) is 43.1 Å². The number of nitrogens with zero attached hydrogens (tertiary/aromatic N) is 4. The number of benzene rings is 3. The number of carbonyl (C=O) groups is 2. The van der Waals surface area contributed by atoms with Crippen molar-refractivity contribution in [3.05, 3.63) is 112 Å². The van der Waals surface area contributed by atoms with E-state index < -0.39 is 11.8 Å². The summed E-state index contributed by atoms with van der Waals surface area (Å²) < 4.78 is 1.60. The van der Waals surface area contributed by atoms with Crippen molar-refractivity contribution >= 4 is 40.0 Å². The van der Waals surface area contributed by atoms with Gasteiger partial charge in [0.15, 0.2) is 0 Å². The Morgan fingerprint density at radius 3 is 2.42 bits per heavy atom. The molecule has 2 aromatic heterocycles. The number of anilines is 3. The zero-order valence-electron chi connectivity index (χ0n) is 22.9. The zero-order valence-corrected chi connectivity index (χ0v) is 22.9. The standard InChI is InChI=1S/C30H29N9O4/c31-26-25(27(32)40)28(36-17-35-26)33-15-5-10-23-37-22-9-4-8-21(24(22)30(42)39(23)20-6-2-1-3-7-20)34-16-18-11-13-19(14-12-18)29(41)38-43/h1-4,6-9,11-14,17,34,43H,5,10,15-16H2,(H2,32,40)(H,38,41)(H3,31,33,35,36). The number of hydroxylamine groups is 1. The summed E-state index contributed by atoms with van der Waals surface area (Å²) in [4.78, 5) is 50.3. The Balaban J connectivity index is 1.42. The molecule has 0 atom stereocenters. The van der Waals surface area contributed by atoms with Crippen LogP contribution in [0.2, 0.25) is 0 Å². The third-order valence-electron chi connectivity index (χ3n) is 6.77. The number of nitrogens with two attached hydrogens (primary N) is 2. The molecule has 13 nitrogen and oxygen atoms in total. The minimum Gasteiger partial charge on any atom is -0.383 e. The fourth-order valence-corrected chi connectivity index (χ4v) is 4.70. The van der Waals surface area contributed by atoms with Crippen LogP contribution in [0.3, 0.4) is 0 Å². The lowest BCUT2D eigenvalue weighted by molar-refractivity contribution is 0.0706. The topological polar surface area (TPSA) is 203 Å². The van der Waals surface area contributed by atoms with Gasteiger partial charge >= 0.3 is 0 Å². The summed E-state index contributed by atoms with van der Waals surface area (Å²) in [5.41, 5.74) is 15.7. The molecule has 0 spiro atoms. The number of carbonyl (C=O) groups excluding carboxylic acids is 2. The second kappa shape index (κ2) is 12.8. The SMILES string of the molecule is NC(=O)c1c(N)ncnc1NCCCc1nc2cccc(NCc3ccc(C(=O)NO)cc3)c2c(=O)n1-c1ccccc1. The molecule has 0 saturated heterocycles. The highest BCUT2D eigenvalue weighted by Gasteiger charge is 2.17. The van der Waals surface area contributed by atoms with Crippen LogP contribution in [0.25, 0.3) is 16.6 Å². The molecule has 0 aliphatic heterocycles. The lowest BCUT2D eigenvalue weighted by Gasteiger charge is -2.16. The van der Waals surface area contributed by atoms with Gasteiger partial charge in [0.25, 0.3) is 17.4 Å². The van der Waals surface area contributed by atoms with Gasteiger partial charge in [-0.2, -0.15) is 0 Å². The summed E-state index contributed by atoms with van der Waals surface area (Å²) in [6.07, 6.45) is 2.23. The van der Waals surface area contributed by atoms with Crippen LogP contribution < -0.4 is 33.1 Å². The Kier molecular flexibility index (Phi) is 8.53. The van der Waals surface area contributed by atoms with E-state index >= 15 is 0 Å². The summed E-state index contributed by atoms with van der Waals surface area (Å²) in [6.45, 7) is 0.791. The van der Waals surface area contributed by atoms with Crippen molar-refractivity contribution in [3.63, 3.8) is 0 Å². The number of primary amides is 1. The first-order chi connectivity index (χ1) is 20.9. The first-order valence-electron chi connectivity index (χ1n) is 13.4. The van der Waals surface area contributed by atoms with Gasteiger partial charge in [-0.1, -0.05) is 36.4 Å². The van der Waals surface area contributed by atoms with E-state index in [0.717, 1.165) is 5.56 Å². The molecular formula is C30H29N9O4. The smallest absolute Gasteiger partial charge is 0.274 e. The monoisotopic (exact) mass is 579 g/mol. The lowest BCUT2D eigenvalue weighted by Crippen LogP contribution is -2.25. The van der Waals surface area contributed by atoms with Gasteiger partial charge in [0.05, 0.1) is 16.6 Å². The van der Waals surface area contributed by atoms with Crippen molar-refractivity contribution in [2.24, 2.45) is 5.73 Å². The highest BCUT2D eigenvalue weighted by molar-refractivity contribution is 6.01. The molecule has 2 heterocycles.